The van der Waals surface area contributed by atoms with Gasteiger partial charge in [-0.3, -0.25) is 4.79 Å². The van der Waals surface area contributed by atoms with Gasteiger partial charge in [0.15, 0.2) is 0 Å². The van der Waals surface area contributed by atoms with Gasteiger partial charge in [-0.25, -0.2) is 0 Å². The molecule has 0 spiro atoms. The number of hydrogen-bond acceptors (Lipinski definition) is 2. The molecule has 1 saturated heterocycles. The van der Waals surface area contributed by atoms with E-state index >= 15 is 0 Å². The largest absolute Gasteiger partial charge is 0.366 e. The van der Waals surface area contributed by atoms with Crippen LogP contribution in [0.25, 0.3) is 0 Å². The highest BCUT2D eigenvalue weighted by molar-refractivity contribution is 5.77. The normalized spacial score (nSPS) is 22.9. The smallest absolute Gasteiger partial charge is 0.248 e. The van der Waals surface area contributed by atoms with E-state index in [0.29, 0.717) is 5.92 Å². The Morgan fingerprint density at radius 1 is 1.50 bits per heavy atom. The molecule has 1 rings (SSSR count). The van der Waals surface area contributed by atoms with Crippen molar-refractivity contribution in [1.29, 1.82) is 0 Å². The number of carbonyl (C=O) groups excluding carboxylic acids is 1. The molecule has 1 atom stereocenters. The van der Waals surface area contributed by atoms with Gasteiger partial charge < -0.3 is 9.64 Å². The topological polar surface area (TPSA) is 29.5 Å². The first-order chi connectivity index (χ1) is 6.38. The van der Waals surface area contributed by atoms with E-state index in [1.54, 1.807) is 0 Å². The van der Waals surface area contributed by atoms with Crippen LogP contribution in [0.5, 0.6) is 0 Å². The summed E-state index contributed by atoms with van der Waals surface area (Å²) in [5, 5.41) is 0. The number of nitrogens with zero attached hydrogens (tertiary/aromatic N) is 1. The van der Waals surface area contributed by atoms with Gasteiger partial charge >= 0.3 is 0 Å². The van der Waals surface area contributed by atoms with Crippen LogP contribution in [0.2, 0.25) is 0 Å². The molecular weight excluding hydrogens is 178 g/mol. The quantitative estimate of drug-likeness (QED) is 0.677. The van der Waals surface area contributed by atoms with Gasteiger partial charge in [-0.1, -0.05) is 6.92 Å². The average Bonchev–Trinajstić information content (AvgIpc) is 2.46. The fraction of sp³-hybridized carbons (Fsp3) is 0.909. The fourth-order valence-corrected chi connectivity index (χ4v) is 1.53. The standard InChI is InChI=1S/C11H21NO2/c1-9-5-6-12(7-9)10(13)8-14-11(2,3)4/h9H,5-8H2,1-4H3. The molecule has 3 heteroatoms. The summed E-state index contributed by atoms with van der Waals surface area (Å²) in [4.78, 5) is 13.5. The SMILES string of the molecule is CC1CCN(C(=O)COC(C)(C)C)C1. The van der Waals surface area contributed by atoms with Crippen LogP contribution in [-0.4, -0.2) is 36.1 Å². The Kier molecular flexibility index (Phi) is 3.53. The van der Waals surface area contributed by atoms with Crippen molar-refractivity contribution in [2.24, 2.45) is 5.92 Å². The van der Waals surface area contributed by atoms with E-state index in [4.69, 9.17) is 4.74 Å². The van der Waals surface area contributed by atoms with Crippen LogP contribution in [-0.2, 0) is 9.53 Å². The Morgan fingerprint density at radius 3 is 2.57 bits per heavy atom. The third kappa shape index (κ3) is 3.66. The maximum Gasteiger partial charge on any atom is 0.248 e. The molecule has 0 N–H and O–H groups in total. The summed E-state index contributed by atoms with van der Waals surface area (Å²) in [6.07, 6.45) is 1.13. The number of likely N-dealkylation sites (tertiary alicyclic amines) is 1. The highest BCUT2D eigenvalue weighted by Gasteiger charge is 2.24. The van der Waals surface area contributed by atoms with Crippen LogP contribution in [0, 0.1) is 5.92 Å². The zero-order valence-electron chi connectivity index (χ0n) is 9.67. The zero-order valence-corrected chi connectivity index (χ0v) is 9.67. The van der Waals surface area contributed by atoms with Crippen LogP contribution in [0.1, 0.15) is 34.1 Å². The molecule has 1 aliphatic heterocycles. The molecular formula is C11H21NO2. The number of ether oxygens (including phenoxy) is 1. The highest BCUT2D eigenvalue weighted by Crippen LogP contribution is 2.15. The summed E-state index contributed by atoms with van der Waals surface area (Å²) >= 11 is 0. The summed E-state index contributed by atoms with van der Waals surface area (Å²) in [5.41, 5.74) is -0.221. The molecule has 0 aromatic heterocycles. The Hall–Kier alpha value is -0.570. The Labute approximate surface area is 86.4 Å². The lowest BCUT2D eigenvalue weighted by Gasteiger charge is -2.22. The van der Waals surface area contributed by atoms with E-state index in [0.717, 1.165) is 19.5 Å². The lowest BCUT2D eigenvalue weighted by Crippen LogP contribution is -2.34. The van der Waals surface area contributed by atoms with Crippen molar-refractivity contribution in [3.63, 3.8) is 0 Å². The molecule has 14 heavy (non-hydrogen) atoms. The summed E-state index contributed by atoms with van der Waals surface area (Å²) < 4.78 is 5.45. The predicted octanol–water partition coefficient (Wildman–Crippen LogP) is 1.67. The van der Waals surface area contributed by atoms with E-state index < -0.39 is 0 Å². The van der Waals surface area contributed by atoms with E-state index in [1.165, 1.54) is 0 Å². The monoisotopic (exact) mass is 199 g/mol. The lowest BCUT2D eigenvalue weighted by molar-refractivity contribution is -0.140. The molecule has 1 amide bonds. The van der Waals surface area contributed by atoms with Gasteiger partial charge in [0.25, 0.3) is 0 Å². The summed E-state index contributed by atoms with van der Waals surface area (Å²) in [6, 6.07) is 0. The molecule has 1 fully saturated rings. The molecule has 0 saturated carbocycles. The minimum absolute atomic E-state index is 0.129. The molecule has 0 radical (unpaired) electrons. The third-order valence-electron chi connectivity index (χ3n) is 2.41. The molecule has 1 heterocycles. The average molecular weight is 199 g/mol. The zero-order chi connectivity index (χ0) is 10.8. The first-order valence-electron chi connectivity index (χ1n) is 5.30. The minimum atomic E-state index is -0.221. The molecule has 3 nitrogen and oxygen atoms in total. The molecule has 1 unspecified atom stereocenters. The van der Waals surface area contributed by atoms with Crippen LogP contribution in [0.15, 0.2) is 0 Å². The second kappa shape index (κ2) is 4.30. The molecule has 0 aromatic carbocycles. The number of carbonyl (C=O) groups is 1. The van der Waals surface area contributed by atoms with Gasteiger partial charge in [-0.2, -0.15) is 0 Å². The van der Waals surface area contributed by atoms with Gasteiger partial charge in [-0.15, -0.1) is 0 Å². The van der Waals surface area contributed by atoms with Gasteiger partial charge in [-0.05, 0) is 33.1 Å². The van der Waals surface area contributed by atoms with Crippen molar-refractivity contribution in [3.8, 4) is 0 Å². The summed E-state index contributed by atoms with van der Waals surface area (Å²) in [7, 11) is 0. The molecule has 0 aliphatic carbocycles. The first-order valence-corrected chi connectivity index (χ1v) is 5.30. The van der Waals surface area contributed by atoms with Gasteiger partial charge in [0.1, 0.15) is 6.61 Å². The van der Waals surface area contributed by atoms with Crippen molar-refractivity contribution < 1.29 is 9.53 Å². The van der Waals surface area contributed by atoms with Crippen LogP contribution >= 0.6 is 0 Å². The number of rotatable bonds is 2. The van der Waals surface area contributed by atoms with E-state index in [2.05, 4.69) is 6.92 Å². The summed E-state index contributed by atoms with van der Waals surface area (Å²) in [6.45, 7) is 10.1. The van der Waals surface area contributed by atoms with E-state index in [9.17, 15) is 4.79 Å². The molecule has 1 aliphatic rings. The second-order valence-corrected chi connectivity index (χ2v) is 5.13. The Bertz CT molecular complexity index is 208. The van der Waals surface area contributed by atoms with Crippen LogP contribution < -0.4 is 0 Å². The highest BCUT2D eigenvalue weighted by atomic mass is 16.5. The van der Waals surface area contributed by atoms with Crippen molar-refractivity contribution >= 4 is 5.91 Å². The predicted molar refractivity (Wildman–Crippen MR) is 56.1 cm³/mol. The maximum absolute atomic E-state index is 11.6. The third-order valence-corrected chi connectivity index (χ3v) is 2.41. The van der Waals surface area contributed by atoms with Crippen molar-refractivity contribution in [2.75, 3.05) is 19.7 Å². The Morgan fingerprint density at radius 2 is 2.14 bits per heavy atom. The molecule has 82 valence electrons. The fourth-order valence-electron chi connectivity index (χ4n) is 1.53. The van der Waals surface area contributed by atoms with E-state index in [-0.39, 0.29) is 18.1 Å². The van der Waals surface area contributed by atoms with Crippen LogP contribution in [0.4, 0.5) is 0 Å². The summed E-state index contributed by atoms with van der Waals surface area (Å²) in [5.74, 6) is 0.776. The number of hydrogen-bond donors (Lipinski definition) is 0. The van der Waals surface area contributed by atoms with Crippen molar-refractivity contribution in [1.82, 2.24) is 4.90 Å². The van der Waals surface area contributed by atoms with Gasteiger partial charge in [0.2, 0.25) is 5.91 Å². The minimum Gasteiger partial charge on any atom is -0.366 e. The molecule has 0 bridgehead atoms. The first kappa shape index (κ1) is 11.5. The number of amides is 1. The van der Waals surface area contributed by atoms with Crippen molar-refractivity contribution in [3.05, 3.63) is 0 Å². The van der Waals surface area contributed by atoms with Gasteiger partial charge in [0, 0.05) is 13.1 Å². The van der Waals surface area contributed by atoms with Crippen LogP contribution in [0.3, 0.4) is 0 Å². The van der Waals surface area contributed by atoms with E-state index in [1.807, 2.05) is 25.7 Å². The second-order valence-electron chi connectivity index (χ2n) is 5.13. The van der Waals surface area contributed by atoms with Crippen molar-refractivity contribution in [2.45, 2.75) is 39.7 Å². The Balaban J connectivity index is 2.29. The molecule has 0 aromatic rings. The maximum atomic E-state index is 11.6. The van der Waals surface area contributed by atoms with Gasteiger partial charge in [0.05, 0.1) is 5.60 Å². The lowest BCUT2D eigenvalue weighted by atomic mass is 10.2.